The van der Waals surface area contributed by atoms with Crippen LogP contribution in [-0.4, -0.2) is 43.1 Å². The van der Waals surface area contributed by atoms with E-state index in [-0.39, 0.29) is 12.1 Å². The Bertz CT molecular complexity index is 626. The van der Waals surface area contributed by atoms with E-state index in [2.05, 4.69) is 51.7 Å². The van der Waals surface area contributed by atoms with Crippen LogP contribution in [0.5, 0.6) is 0 Å². The number of carbonyl (C=O) groups is 1. The van der Waals surface area contributed by atoms with Crippen molar-refractivity contribution in [1.29, 1.82) is 0 Å². The normalized spacial score (nSPS) is 12.0. The van der Waals surface area contributed by atoms with Gasteiger partial charge in [0.2, 0.25) is 0 Å². The average molecular weight is 326 g/mol. The zero-order valence-electron chi connectivity index (χ0n) is 14.6. The van der Waals surface area contributed by atoms with Crippen LogP contribution in [0.25, 0.3) is 0 Å². The van der Waals surface area contributed by atoms with E-state index in [0.29, 0.717) is 13.1 Å². The lowest BCUT2D eigenvalue weighted by Crippen LogP contribution is -2.41. The second kappa shape index (κ2) is 9.03. The van der Waals surface area contributed by atoms with Crippen molar-refractivity contribution >= 4 is 6.03 Å². The first-order valence-electron chi connectivity index (χ1n) is 8.21. The molecule has 0 spiro atoms. The number of pyridine rings is 1. The molecule has 128 valence electrons. The zero-order chi connectivity index (χ0) is 17.4. The summed E-state index contributed by atoms with van der Waals surface area (Å²) in [6.07, 6.45) is 2.49. The molecular formula is C19H26N4O. The van der Waals surface area contributed by atoms with Crippen molar-refractivity contribution in [3.63, 3.8) is 0 Å². The van der Waals surface area contributed by atoms with Crippen LogP contribution in [0.3, 0.4) is 0 Å². The van der Waals surface area contributed by atoms with Gasteiger partial charge in [0.25, 0.3) is 0 Å². The lowest BCUT2D eigenvalue weighted by molar-refractivity contribution is 0.233. The summed E-state index contributed by atoms with van der Waals surface area (Å²) >= 11 is 0. The van der Waals surface area contributed by atoms with Crippen LogP contribution in [0.15, 0.2) is 48.7 Å². The molecule has 5 heteroatoms. The summed E-state index contributed by atoms with van der Waals surface area (Å²) in [5.41, 5.74) is 3.40. The predicted molar refractivity (Wildman–Crippen MR) is 96.9 cm³/mol. The number of likely N-dealkylation sites (N-methyl/N-ethyl adjacent to an activating group) is 1. The first-order valence-corrected chi connectivity index (χ1v) is 8.21. The number of nitrogens with one attached hydrogen (secondary N) is 2. The number of benzene rings is 1. The lowest BCUT2D eigenvalue weighted by Gasteiger charge is -2.25. The molecule has 0 fully saturated rings. The first kappa shape index (κ1) is 17.9. The zero-order valence-corrected chi connectivity index (χ0v) is 14.6. The molecule has 1 unspecified atom stereocenters. The Balaban J connectivity index is 1.79. The van der Waals surface area contributed by atoms with Crippen molar-refractivity contribution in [2.45, 2.75) is 19.4 Å². The van der Waals surface area contributed by atoms with Crippen LogP contribution >= 0.6 is 0 Å². The third kappa shape index (κ3) is 5.66. The Morgan fingerprint density at radius 3 is 2.50 bits per heavy atom. The molecule has 1 aromatic carbocycles. The maximum atomic E-state index is 12.0. The van der Waals surface area contributed by atoms with Crippen molar-refractivity contribution in [1.82, 2.24) is 20.5 Å². The highest BCUT2D eigenvalue weighted by atomic mass is 16.2. The second-order valence-corrected chi connectivity index (χ2v) is 6.10. The smallest absolute Gasteiger partial charge is 0.314 e. The van der Waals surface area contributed by atoms with Crippen molar-refractivity contribution in [3.8, 4) is 0 Å². The molecule has 5 nitrogen and oxygen atoms in total. The molecule has 1 aromatic heterocycles. The minimum Gasteiger partial charge on any atom is -0.338 e. The van der Waals surface area contributed by atoms with E-state index in [9.17, 15) is 4.79 Å². The molecule has 1 heterocycles. The van der Waals surface area contributed by atoms with Gasteiger partial charge in [-0.1, -0.05) is 35.9 Å². The first-order chi connectivity index (χ1) is 11.6. The van der Waals surface area contributed by atoms with Gasteiger partial charge < -0.3 is 15.5 Å². The van der Waals surface area contributed by atoms with Crippen LogP contribution in [0.4, 0.5) is 4.79 Å². The maximum absolute atomic E-state index is 12.0. The van der Waals surface area contributed by atoms with E-state index in [4.69, 9.17) is 0 Å². The topological polar surface area (TPSA) is 57.3 Å². The molecule has 0 saturated heterocycles. The Morgan fingerprint density at radius 1 is 1.12 bits per heavy atom. The van der Waals surface area contributed by atoms with Crippen molar-refractivity contribution in [2.75, 3.05) is 27.2 Å². The molecule has 0 aliphatic rings. The number of aryl methyl sites for hydroxylation is 1. The van der Waals surface area contributed by atoms with E-state index in [1.54, 1.807) is 6.20 Å². The lowest BCUT2D eigenvalue weighted by atomic mass is 10.0. The van der Waals surface area contributed by atoms with E-state index >= 15 is 0 Å². The summed E-state index contributed by atoms with van der Waals surface area (Å²) < 4.78 is 0. The van der Waals surface area contributed by atoms with Crippen molar-refractivity contribution < 1.29 is 4.79 Å². The quantitative estimate of drug-likeness (QED) is 0.822. The molecule has 0 bridgehead atoms. The summed E-state index contributed by atoms with van der Waals surface area (Å²) in [6.45, 7) is 3.20. The van der Waals surface area contributed by atoms with Crippen LogP contribution < -0.4 is 10.6 Å². The van der Waals surface area contributed by atoms with Gasteiger partial charge in [-0.05, 0) is 38.7 Å². The van der Waals surface area contributed by atoms with Crippen LogP contribution in [0, 0.1) is 6.92 Å². The third-order valence-corrected chi connectivity index (χ3v) is 3.93. The van der Waals surface area contributed by atoms with E-state index in [0.717, 1.165) is 12.1 Å². The number of nitrogens with zero attached hydrogens (tertiary/aromatic N) is 2. The van der Waals surface area contributed by atoms with Crippen molar-refractivity contribution in [3.05, 3.63) is 65.5 Å². The van der Waals surface area contributed by atoms with Gasteiger partial charge in [-0.3, -0.25) is 4.98 Å². The monoisotopic (exact) mass is 326 g/mol. The fourth-order valence-electron chi connectivity index (χ4n) is 2.49. The number of urea groups is 1. The largest absolute Gasteiger partial charge is 0.338 e. The highest BCUT2D eigenvalue weighted by Gasteiger charge is 2.14. The van der Waals surface area contributed by atoms with Crippen molar-refractivity contribution in [2.24, 2.45) is 0 Å². The summed E-state index contributed by atoms with van der Waals surface area (Å²) in [6, 6.07) is 14.2. The van der Waals surface area contributed by atoms with Gasteiger partial charge in [-0.15, -0.1) is 0 Å². The minimum absolute atomic E-state index is 0.146. The number of rotatable bonds is 7. The number of amides is 2. The van der Waals surface area contributed by atoms with Crippen LogP contribution in [-0.2, 0) is 6.42 Å². The predicted octanol–water partition coefficient (Wildman–Crippen LogP) is 2.53. The molecule has 1 atom stereocenters. The molecule has 0 aliphatic heterocycles. The van der Waals surface area contributed by atoms with Gasteiger partial charge in [0.05, 0.1) is 6.04 Å². The Kier molecular flexibility index (Phi) is 6.75. The van der Waals surface area contributed by atoms with Gasteiger partial charge in [0.15, 0.2) is 0 Å². The number of hydrogen-bond donors (Lipinski definition) is 2. The summed E-state index contributed by atoms with van der Waals surface area (Å²) in [5.74, 6) is 0. The highest BCUT2D eigenvalue weighted by molar-refractivity contribution is 5.73. The number of carbonyl (C=O) groups excluding carboxylic acids is 1. The van der Waals surface area contributed by atoms with Gasteiger partial charge in [0.1, 0.15) is 0 Å². The standard InChI is InChI=1S/C19H26N4O/c1-15-7-9-16(10-8-15)18(23(2)3)14-22-19(24)21-13-11-17-6-4-5-12-20-17/h4-10,12,18H,11,13-14H2,1-3H3,(H2,21,22,24). The fraction of sp³-hybridized carbons (Fsp3) is 0.368. The molecule has 24 heavy (non-hydrogen) atoms. The van der Waals surface area contributed by atoms with Crippen LogP contribution in [0.1, 0.15) is 22.9 Å². The molecule has 0 saturated carbocycles. The molecule has 2 rings (SSSR count). The van der Waals surface area contributed by atoms with Crippen LogP contribution in [0.2, 0.25) is 0 Å². The van der Waals surface area contributed by atoms with E-state index in [1.165, 1.54) is 11.1 Å². The molecule has 0 radical (unpaired) electrons. The molecular weight excluding hydrogens is 300 g/mol. The van der Waals surface area contributed by atoms with Gasteiger partial charge in [-0.25, -0.2) is 4.79 Å². The third-order valence-electron chi connectivity index (χ3n) is 3.93. The molecule has 0 aliphatic carbocycles. The van der Waals surface area contributed by atoms with Gasteiger partial charge in [0, 0.05) is 31.4 Å². The minimum atomic E-state index is -0.148. The Hall–Kier alpha value is -2.40. The second-order valence-electron chi connectivity index (χ2n) is 6.10. The van der Waals surface area contributed by atoms with Gasteiger partial charge >= 0.3 is 6.03 Å². The SMILES string of the molecule is Cc1ccc(C(CNC(=O)NCCc2ccccn2)N(C)C)cc1. The molecule has 2 aromatic rings. The maximum Gasteiger partial charge on any atom is 0.314 e. The van der Waals surface area contributed by atoms with E-state index < -0.39 is 0 Å². The average Bonchev–Trinajstić information content (AvgIpc) is 2.57. The molecule has 2 N–H and O–H groups in total. The summed E-state index contributed by atoms with van der Waals surface area (Å²) in [5, 5.41) is 5.83. The molecule has 2 amide bonds. The summed E-state index contributed by atoms with van der Waals surface area (Å²) in [7, 11) is 4.04. The Morgan fingerprint density at radius 2 is 1.88 bits per heavy atom. The number of aromatic nitrogens is 1. The van der Waals surface area contributed by atoms with E-state index in [1.807, 2.05) is 32.3 Å². The number of hydrogen-bond acceptors (Lipinski definition) is 3. The summed E-state index contributed by atoms with van der Waals surface area (Å²) in [4.78, 5) is 18.3. The highest BCUT2D eigenvalue weighted by Crippen LogP contribution is 2.17. The van der Waals surface area contributed by atoms with Gasteiger partial charge in [-0.2, -0.15) is 0 Å². The fourth-order valence-corrected chi connectivity index (χ4v) is 2.49. The Labute approximate surface area is 144 Å².